The summed E-state index contributed by atoms with van der Waals surface area (Å²) in [4.78, 5) is 29.5. The Labute approximate surface area is 168 Å². The van der Waals surface area contributed by atoms with Gasteiger partial charge in [-0.3, -0.25) is 4.79 Å². The van der Waals surface area contributed by atoms with Crippen LogP contribution in [-0.4, -0.2) is 25.1 Å². The molecule has 1 amide bonds. The van der Waals surface area contributed by atoms with Gasteiger partial charge in [-0.1, -0.05) is 46.3 Å². The van der Waals surface area contributed by atoms with Crippen LogP contribution in [0.2, 0.25) is 0 Å². The molecule has 0 spiro atoms. The molecule has 2 aromatic carbocycles. The number of carbonyl (C=O) groups excluding carboxylic acids is 1. The predicted octanol–water partition coefficient (Wildman–Crippen LogP) is 3.27. The van der Waals surface area contributed by atoms with Crippen molar-refractivity contribution in [3.05, 3.63) is 81.4 Å². The number of aryl methyl sites for hydroxylation is 1. The first-order valence-corrected chi connectivity index (χ1v) is 9.38. The molecular formula is C20H16BrN5O2. The van der Waals surface area contributed by atoms with Crippen LogP contribution < -0.4 is 11.0 Å². The van der Waals surface area contributed by atoms with E-state index in [-0.39, 0.29) is 12.5 Å². The summed E-state index contributed by atoms with van der Waals surface area (Å²) < 4.78 is 3.46. The molecule has 1 N–H and O–H groups in total. The predicted molar refractivity (Wildman–Crippen MR) is 110 cm³/mol. The van der Waals surface area contributed by atoms with Crippen LogP contribution in [0.1, 0.15) is 5.82 Å². The molecule has 0 radical (unpaired) electrons. The van der Waals surface area contributed by atoms with E-state index in [1.165, 1.54) is 4.40 Å². The van der Waals surface area contributed by atoms with E-state index in [9.17, 15) is 9.59 Å². The molecule has 140 valence electrons. The Hall–Kier alpha value is -3.26. The molecule has 0 saturated carbocycles. The van der Waals surface area contributed by atoms with Gasteiger partial charge in [0.25, 0.3) is 0 Å². The molecule has 28 heavy (non-hydrogen) atoms. The molecule has 4 aromatic rings. The van der Waals surface area contributed by atoms with Crippen molar-refractivity contribution >= 4 is 33.2 Å². The van der Waals surface area contributed by atoms with Gasteiger partial charge in [-0.05, 0) is 31.2 Å². The van der Waals surface area contributed by atoms with Crippen LogP contribution in [0.3, 0.4) is 0 Å². The Kier molecular flexibility index (Phi) is 4.79. The zero-order chi connectivity index (χ0) is 19.7. The largest absolute Gasteiger partial charge is 0.352 e. The Morgan fingerprint density at radius 1 is 1.11 bits per heavy atom. The first-order chi connectivity index (χ1) is 13.5. The minimum Gasteiger partial charge on any atom is -0.324 e. The van der Waals surface area contributed by atoms with Gasteiger partial charge in [-0.25, -0.2) is 18.9 Å². The lowest BCUT2D eigenvalue weighted by atomic mass is 10.1. The number of amides is 1. The summed E-state index contributed by atoms with van der Waals surface area (Å²) >= 11 is 3.35. The minimum absolute atomic E-state index is 0.184. The van der Waals surface area contributed by atoms with Gasteiger partial charge in [-0.2, -0.15) is 0 Å². The van der Waals surface area contributed by atoms with E-state index in [0.717, 1.165) is 20.4 Å². The maximum absolute atomic E-state index is 12.7. The monoisotopic (exact) mass is 437 g/mol. The second kappa shape index (κ2) is 7.40. The fraction of sp³-hybridized carbons (Fsp3) is 0.100. The van der Waals surface area contributed by atoms with Crippen LogP contribution in [0.5, 0.6) is 0 Å². The third kappa shape index (κ3) is 3.59. The number of carbonyl (C=O) groups is 1. The number of anilines is 1. The number of hydrogen-bond donors (Lipinski definition) is 1. The minimum atomic E-state index is -0.398. The van der Waals surface area contributed by atoms with Gasteiger partial charge in [0.2, 0.25) is 5.91 Å². The average Bonchev–Trinajstić information content (AvgIpc) is 3.00. The molecule has 2 aromatic heterocycles. The molecule has 0 unspecified atom stereocenters. The van der Waals surface area contributed by atoms with E-state index in [1.54, 1.807) is 25.1 Å². The molecule has 4 rings (SSSR count). The van der Waals surface area contributed by atoms with Gasteiger partial charge < -0.3 is 5.32 Å². The fourth-order valence-electron chi connectivity index (χ4n) is 2.93. The maximum atomic E-state index is 12.7. The van der Waals surface area contributed by atoms with Crippen molar-refractivity contribution in [3.8, 4) is 11.3 Å². The molecule has 8 heteroatoms. The highest BCUT2D eigenvalue weighted by molar-refractivity contribution is 9.10. The van der Waals surface area contributed by atoms with Crippen molar-refractivity contribution < 1.29 is 4.79 Å². The summed E-state index contributed by atoms with van der Waals surface area (Å²) in [7, 11) is 0. The number of rotatable bonds is 4. The van der Waals surface area contributed by atoms with E-state index >= 15 is 0 Å². The maximum Gasteiger partial charge on any atom is 0.352 e. The highest BCUT2D eigenvalue weighted by Gasteiger charge is 2.14. The molecule has 2 heterocycles. The second-order valence-electron chi connectivity index (χ2n) is 6.24. The topological polar surface area (TPSA) is 81.3 Å². The fourth-order valence-corrected chi connectivity index (χ4v) is 3.19. The summed E-state index contributed by atoms with van der Waals surface area (Å²) in [6.07, 6.45) is 0. The number of aromatic nitrogens is 4. The molecule has 0 aliphatic rings. The van der Waals surface area contributed by atoms with Crippen LogP contribution >= 0.6 is 15.9 Å². The normalized spacial score (nSPS) is 10.9. The van der Waals surface area contributed by atoms with E-state index < -0.39 is 5.69 Å². The summed E-state index contributed by atoms with van der Waals surface area (Å²) in [5.74, 6) is 0.183. The molecule has 7 nitrogen and oxygen atoms in total. The van der Waals surface area contributed by atoms with Crippen molar-refractivity contribution in [1.29, 1.82) is 0 Å². The first kappa shape index (κ1) is 18.1. The Morgan fingerprint density at radius 3 is 2.54 bits per heavy atom. The SMILES string of the molecule is Cc1nc(-c2ccccc2)cc2nn(CC(=O)Nc3ccc(Br)cc3)c(=O)n12. The third-order valence-corrected chi connectivity index (χ3v) is 4.76. The summed E-state index contributed by atoms with van der Waals surface area (Å²) in [5, 5.41) is 7.07. The van der Waals surface area contributed by atoms with E-state index in [1.807, 2.05) is 42.5 Å². The number of fused-ring (bicyclic) bond motifs is 1. The third-order valence-electron chi connectivity index (χ3n) is 4.23. The smallest absolute Gasteiger partial charge is 0.324 e. The summed E-state index contributed by atoms with van der Waals surface area (Å²) in [6, 6.07) is 18.6. The zero-order valence-electron chi connectivity index (χ0n) is 15.0. The van der Waals surface area contributed by atoms with Crippen LogP contribution in [-0.2, 0) is 11.3 Å². The van der Waals surface area contributed by atoms with Crippen LogP contribution in [0.15, 0.2) is 69.9 Å². The Morgan fingerprint density at radius 2 is 1.82 bits per heavy atom. The number of halogens is 1. The lowest BCUT2D eigenvalue weighted by Crippen LogP contribution is -2.28. The molecular weight excluding hydrogens is 422 g/mol. The van der Waals surface area contributed by atoms with Gasteiger partial charge in [0.15, 0.2) is 5.65 Å². The lowest BCUT2D eigenvalue weighted by Gasteiger charge is -2.04. The van der Waals surface area contributed by atoms with Crippen molar-refractivity contribution in [1.82, 2.24) is 19.2 Å². The van der Waals surface area contributed by atoms with E-state index in [0.29, 0.717) is 17.2 Å². The van der Waals surface area contributed by atoms with Crippen molar-refractivity contribution in [3.63, 3.8) is 0 Å². The molecule has 0 aliphatic carbocycles. The van der Waals surface area contributed by atoms with Crippen molar-refractivity contribution in [2.45, 2.75) is 13.5 Å². The summed E-state index contributed by atoms with van der Waals surface area (Å²) in [5.41, 5.74) is 2.36. The molecule has 0 saturated heterocycles. The number of nitrogens with zero attached hydrogens (tertiary/aromatic N) is 4. The zero-order valence-corrected chi connectivity index (χ0v) is 16.5. The number of hydrogen-bond acceptors (Lipinski definition) is 4. The second-order valence-corrected chi connectivity index (χ2v) is 7.16. The Balaban J connectivity index is 1.64. The van der Waals surface area contributed by atoms with Gasteiger partial charge in [0.05, 0.1) is 5.69 Å². The molecule has 0 atom stereocenters. The van der Waals surface area contributed by atoms with Crippen molar-refractivity contribution in [2.75, 3.05) is 5.32 Å². The average molecular weight is 438 g/mol. The highest BCUT2D eigenvalue weighted by Crippen LogP contribution is 2.18. The van der Waals surface area contributed by atoms with Crippen molar-refractivity contribution in [2.24, 2.45) is 0 Å². The summed E-state index contributed by atoms with van der Waals surface area (Å²) in [6.45, 7) is 1.56. The van der Waals surface area contributed by atoms with Crippen LogP contribution in [0.4, 0.5) is 5.69 Å². The van der Waals surface area contributed by atoms with Crippen LogP contribution in [0.25, 0.3) is 16.9 Å². The van der Waals surface area contributed by atoms with Gasteiger partial charge in [0, 0.05) is 21.8 Å². The lowest BCUT2D eigenvalue weighted by molar-refractivity contribution is -0.117. The molecule has 0 fully saturated rings. The van der Waals surface area contributed by atoms with Gasteiger partial charge in [-0.15, -0.1) is 5.10 Å². The highest BCUT2D eigenvalue weighted by atomic mass is 79.9. The first-order valence-electron chi connectivity index (χ1n) is 8.59. The van der Waals surface area contributed by atoms with E-state index in [4.69, 9.17) is 0 Å². The Bertz CT molecular complexity index is 1210. The molecule has 0 bridgehead atoms. The number of benzene rings is 2. The standard InChI is InChI=1S/C20H16BrN5O2/c1-13-22-17(14-5-3-2-4-6-14)11-18-24-25(20(28)26(13)18)12-19(27)23-16-9-7-15(21)8-10-16/h2-11H,12H2,1H3,(H,23,27). The quantitative estimate of drug-likeness (QED) is 0.531. The molecule has 0 aliphatic heterocycles. The van der Waals surface area contributed by atoms with E-state index in [2.05, 4.69) is 31.3 Å². The van der Waals surface area contributed by atoms with Gasteiger partial charge >= 0.3 is 5.69 Å². The van der Waals surface area contributed by atoms with Gasteiger partial charge in [0.1, 0.15) is 12.4 Å². The number of nitrogens with one attached hydrogen (secondary N) is 1. The van der Waals surface area contributed by atoms with Crippen LogP contribution in [0, 0.1) is 6.92 Å².